The molecule has 3 aromatic carbocycles. The van der Waals surface area contributed by atoms with E-state index in [9.17, 15) is 19.2 Å². The molecule has 2 heterocycles. The number of aromatic nitrogens is 1. The van der Waals surface area contributed by atoms with Crippen molar-refractivity contribution >= 4 is 67.7 Å². The molecule has 4 aromatic rings. The number of hydrogen-bond donors (Lipinski definition) is 0. The molecule has 44 heavy (non-hydrogen) atoms. The molecule has 1 saturated heterocycles. The highest BCUT2D eigenvalue weighted by atomic mass is 79.9. The van der Waals surface area contributed by atoms with Crippen LogP contribution in [0.1, 0.15) is 59.4 Å². The van der Waals surface area contributed by atoms with Gasteiger partial charge in [0.25, 0.3) is 0 Å². The average molecular weight is 674 g/mol. The van der Waals surface area contributed by atoms with E-state index in [-0.39, 0.29) is 35.0 Å². The quantitative estimate of drug-likeness (QED) is 0.113. The molecule has 1 aliphatic heterocycles. The van der Waals surface area contributed by atoms with Crippen molar-refractivity contribution in [2.24, 2.45) is 17.8 Å². The minimum Gasteiger partial charge on any atom is -0.454 e. The van der Waals surface area contributed by atoms with Crippen LogP contribution in [0, 0.1) is 17.8 Å². The van der Waals surface area contributed by atoms with Crippen molar-refractivity contribution in [3.05, 3.63) is 92.9 Å². The zero-order valence-electron chi connectivity index (χ0n) is 24.3. The van der Waals surface area contributed by atoms with Gasteiger partial charge < -0.3 is 4.74 Å². The second-order valence-corrected chi connectivity index (χ2v) is 12.9. The number of anilines is 1. The largest absolute Gasteiger partial charge is 0.454 e. The van der Waals surface area contributed by atoms with Crippen molar-refractivity contribution in [3.8, 4) is 11.3 Å². The van der Waals surface area contributed by atoms with Crippen LogP contribution in [0.4, 0.5) is 5.69 Å². The molecule has 224 valence electrons. The number of benzene rings is 3. The van der Waals surface area contributed by atoms with E-state index in [1.165, 1.54) is 4.90 Å². The molecule has 2 fully saturated rings. The summed E-state index contributed by atoms with van der Waals surface area (Å²) in [7, 11) is 0. The van der Waals surface area contributed by atoms with E-state index < -0.39 is 12.6 Å². The number of aryl methyl sites for hydroxylation is 1. The van der Waals surface area contributed by atoms with Crippen LogP contribution in [-0.4, -0.2) is 35.2 Å². The number of ketones is 1. The second-order valence-electron chi connectivity index (χ2n) is 11.6. The number of imide groups is 1. The lowest BCUT2D eigenvalue weighted by molar-refractivity contribution is -0.122. The smallest absolute Gasteiger partial charge is 0.339 e. The standard InChI is InChI=1S/C35H30BrClN2O5/c1-3-20-15-23(36)16-27-29(35(43)44-18-31(40)22-5-9-24(37)10-6-22)17-30(38-32(20)27)21-7-11-25(12-8-21)39-33(41)26-13-4-19(2)14-28(26)34(39)42/h5-12,15-17,19,26,28H,3-4,13-14,18H2,1-2H3. The number of Topliss-reactive ketones (excluding diaryl/α,β-unsaturated/α-hetero) is 1. The first kappa shape index (κ1) is 30.2. The number of nitrogens with zero attached hydrogens (tertiary/aromatic N) is 2. The van der Waals surface area contributed by atoms with Gasteiger partial charge >= 0.3 is 5.97 Å². The minimum atomic E-state index is -0.650. The summed E-state index contributed by atoms with van der Waals surface area (Å²) in [5.74, 6) is -1.31. The Balaban J connectivity index is 1.32. The Kier molecular flexibility index (Phi) is 8.40. The Morgan fingerprint density at radius 2 is 1.68 bits per heavy atom. The van der Waals surface area contributed by atoms with Gasteiger partial charge in [-0.25, -0.2) is 9.78 Å². The van der Waals surface area contributed by atoms with Crippen LogP contribution in [0.2, 0.25) is 5.02 Å². The van der Waals surface area contributed by atoms with Crippen LogP contribution in [0.15, 0.2) is 71.2 Å². The highest BCUT2D eigenvalue weighted by Crippen LogP contribution is 2.42. The van der Waals surface area contributed by atoms with Crippen molar-refractivity contribution in [2.45, 2.75) is 39.5 Å². The number of halogens is 2. The molecule has 9 heteroatoms. The number of fused-ring (bicyclic) bond motifs is 2. The third-order valence-corrected chi connectivity index (χ3v) is 9.38. The summed E-state index contributed by atoms with van der Waals surface area (Å²) < 4.78 is 6.30. The van der Waals surface area contributed by atoms with Crippen molar-refractivity contribution in [1.82, 2.24) is 4.98 Å². The molecule has 1 aliphatic carbocycles. The lowest BCUT2D eigenvalue weighted by Crippen LogP contribution is -2.30. The van der Waals surface area contributed by atoms with E-state index in [1.807, 2.05) is 19.1 Å². The van der Waals surface area contributed by atoms with Gasteiger partial charge in [0.2, 0.25) is 11.8 Å². The van der Waals surface area contributed by atoms with E-state index in [0.29, 0.717) is 50.8 Å². The molecule has 2 amide bonds. The molecule has 6 rings (SSSR count). The van der Waals surface area contributed by atoms with Crippen molar-refractivity contribution in [3.63, 3.8) is 0 Å². The topological polar surface area (TPSA) is 93.6 Å². The first-order chi connectivity index (χ1) is 21.1. The Hall–Kier alpha value is -3.88. The fourth-order valence-corrected chi connectivity index (χ4v) is 6.93. The highest BCUT2D eigenvalue weighted by molar-refractivity contribution is 9.10. The number of esters is 1. The molecule has 1 aromatic heterocycles. The Labute approximate surface area is 268 Å². The molecular formula is C35H30BrClN2O5. The van der Waals surface area contributed by atoms with Gasteiger partial charge in [0.1, 0.15) is 0 Å². The van der Waals surface area contributed by atoms with Gasteiger partial charge in [-0.15, -0.1) is 0 Å². The summed E-state index contributed by atoms with van der Waals surface area (Å²) in [6.45, 7) is 3.71. The van der Waals surface area contributed by atoms with Crippen molar-refractivity contribution in [2.75, 3.05) is 11.5 Å². The number of carbonyl (C=O) groups excluding carboxylic acids is 4. The first-order valence-corrected chi connectivity index (χ1v) is 15.9. The molecule has 0 bridgehead atoms. The fraction of sp³-hybridized carbons (Fsp3) is 0.286. The molecule has 0 radical (unpaired) electrons. The van der Waals surface area contributed by atoms with Crippen LogP contribution >= 0.6 is 27.5 Å². The van der Waals surface area contributed by atoms with Gasteiger partial charge in [-0.05, 0) is 91.8 Å². The highest BCUT2D eigenvalue weighted by Gasteiger charge is 2.49. The van der Waals surface area contributed by atoms with Gasteiger partial charge in [-0.2, -0.15) is 0 Å². The Bertz CT molecular complexity index is 1810. The molecule has 2 aliphatic rings. The molecule has 3 unspecified atom stereocenters. The average Bonchev–Trinajstić information content (AvgIpc) is 3.27. The lowest BCUT2D eigenvalue weighted by Gasteiger charge is -2.25. The maximum absolute atomic E-state index is 13.5. The monoisotopic (exact) mass is 672 g/mol. The number of hydrogen-bond acceptors (Lipinski definition) is 6. The summed E-state index contributed by atoms with van der Waals surface area (Å²) in [4.78, 5) is 58.8. The minimum absolute atomic E-state index is 0.125. The zero-order chi connectivity index (χ0) is 31.1. The predicted molar refractivity (Wildman–Crippen MR) is 173 cm³/mol. The maximum Gasteiger partial charge on any atom is 0.339 e. The van der Waals surface area contributed by atoms with Gasteiger partial charge in [-0.3, -0.25) is 19.3 Å². The van der Waals surface area contributed by atoms with E-state index in [0.717, 1.165) is 29.3 Å². The van der Waals surface area contributed by atoms with Gasteiger partial charge in [0.05, 0.1) is 34.3 Å². The summed E-state index contributed by atoms with van der Waals surface area (Å²) >= 11 is 9.47. The van der Waals surface area contributed by atoms with Crippen LogP contribution < -0.4 is 4.90 Å². The normalized spacial score (nSPS) is 19.7. The predicted octanol–water partition coefficient (Wildman–Crippen LogP) is 7.85. The fourth-order valence-electron chi connectivity index (χ4n) is 6.30. The lowest BCUT2D eigenvalue weighted by atomic mass is 9.76. The zero-order valence-corrected chi connectivity index (χ0v) is 26.7. The van der Waals surface area contributed by atoms with Crippen molar-refractivity contribution < 1.29 is 23.9 Å². The number of rotatable bonds is 7. The van der Waals surface area contributed by atoms with Crippen LogP contribution in [0.5, 0.6) is 0 Å². The number of pyridine rings is 1. The van der Waals surface area contributed by atoms with E-state index >= 15 is 0 Å². The van der Waals surface area contributed by atoms with Crippen molar-refractivity contribution in [1.29, 1.82) is 0 Å². The summed E-state index contributed by atoms with van der Waals surface area (Å²) in [5, 5.41) is 1.11. The van der Waals surface area contributed by atoms with E-state index in [4.69, 9.17) is 21.3 Å². The van der Waals surface area contributed by atoms with Crippen LogP contribution in [0.25, 0.3) is 22.2 Å². The van der Waals surface area contributed by atoms with Gasteiger partial charge in [0, 0.05) is 26.0 Å². The van der Waals surface area contributed by atoms with Gasteiger partial charge in [-0.1, -0.05) is 53.5 Å². The molecular weight excluding hydrogens is 644 g/mol. The summed E-state index contributed by atoms with van der Waals surface area (Å²) in [6.07, 6.45) is 3.11. The second kappa shape index (κ2) is 12.3. The third kappa shape index (κ3) is 5.69. The Morgan fingerprint density at radius 1 is 0.977 bits per heavy atom. The summed E-state index contributed by atoms with van der Waals surface area (Å²) in [6, 6.07) is 18.9. The summed E-state index contributed by atoms with van der Waals surface area (Å²) in [5.41, 5.74) is 4.01. The molecule has 0 N–H and O–H groups in total. The van der Waals surface area contributed by atoms with Gasteiger partial charge in [0.15, 0.2) is 12.4 Å². The molecule has 3 atom stereocenters. The molecule has 0 spiro atoms. The number of ether oxygens (including phenoxy) is 1. The number of amides is 2. The van der Waals surface area contributed by atoms with Crippen LogP contribution in [0.3, 0.4) is 0 Å². The maximum atomic E-state index is 13.5. The third-order valence-electron chi connectivity index (χ3n) is 8.67. The molecule has 7 nitrogen and oxygen atoms in total. The Morgan fingerprint density at radius 3 is 2.39 bits per heavy atom. The van der Waals surface area contributed by atoms with E-state index in [2.05, 4.69) is 22.9 Å². The first-order valence-electron chi connectivity index (χ1n) is 14.7. The number of carbonyl (C=O) groups is 4. The molecule has 1 saturated carbocycles. The van der Waals surface area contributed by atoms with Crippen LogP contribution in [-0.2, 0) is 20.7 Å². The van der Waals surface area contributed by atoms with E-state index in [1.54, 1.807) is 54.6 Å². The SMILES string of the molecule is CCc1cc(Br)cc2c(C(=O)OCC(=O)c3ccc(Cl)cc3)cc(-c3ccc(N4C(=O)C5CCC(C)CC5C4=O)cc3)nc12.